The normalized spacial score (nSPS) is 12.0. The van der Waals surface area contributed by atoms with Crippen LogP contribution in [0.25, 0.3) is 0 Å². The van der Waals surface area contributed by atoms with E-state index in [1.165, 1.54) is 6.07 Å². The fourth-order valence-electron chi connectivity index (χ4n) is 2.17. The van der Waals surface area contributed by atoms with Crippen molar-refractivity contribution in [3.63, 3.8) is 0 Å². The summed E-state index contributed by atoms with van der Waals surface area (Å²) in [5.41, 5.74) is 8.35. The van der Waals surface area contributed by atoms with Gasteiger partial charge in [0.25, 0.3) is 5.69 Å². The van der Waals surface area contributed by atoms with E-state index in [1.807, 2.05) is 37.3 Å². The van der Waals surface area contributed by atoms with Crippen LogP contribution in [0.1, 0.15) is 29.7 Å². The summed E-state index contributed by atoms with van der Waals surface area (Å²) in [5, 5.41) is 10.9. The lowest BCUT2D eigenvalue weighted by Gasteiger charge is -2.14. The molecule has 2 N–H and O–H groups in total. The second-order valence-electron chi connectivity index (χ2n) is 4.93. The van der Waals surface area contributed by atoms with Crippen molar-refractivity contribution in [2.75, 3.05) is 0 Å². The van der Waals surface area contributed by atoms with Gasteiger partial charge in [-0.3, -0.25) is 10.1 Å². The molecule has 21 heavy (non-hydrogen) atoms. The van der Waals surface area contributed by atoms with Crippen LogP contribution in [0.2, 0.25) is 0 Å². The number of nitrogens with two attached hydrogens (primary N) is 1. The third kappa shape index (κ3) is 3.38. The highest BCUT2D eigenvalue weighted by Gasteiger charge is 2.14. The Balaban J connectivity index is 2.21. The topological polar surface area (TPSA) is 78.4 Å². The van der Waals surface area contributed by atoms with E-state index in [1.54, 1.807) is 13.0 Å². The number of nitrogens with zero attached hydrogens (tertiary/aromatic N) is 1. The first kappa shape index (κ1) is 15.0. The lowest BCUT2D eigenvalue weighted by molar-refractivity contribution is -0.385. The standard InChI is InChI=1S/C16H18N2O3/c1-11-13(6-5-8-15(11)18(19)20)10-21-16-9-4-3-7-14(16)12(2)17/h3-9,12H,10,17H2,1-2H3/t12-/m1/s1. The number of ether oxygens (including phenoxy) is 1. The molecule has 110 valence electrons. The van der Waals surface area contributed by atoms with Crippen LogP contribution in [0.15, 0.2) is 42.5 Å². The van der Waals surface area contributed by atoms with E-state index in [0.717, 1.165) is 11.1 Å². The van der Waals surface area contributed by atoms with Gasteiger partial charge in [0, 0.05) is 23.2 Å². The minimum absolute atomic E-state index is 0.108. The molecule has 0 saturated heterocycles. The maximum atomic E-state index is 10.9. The number of nitro benzene ring substituents is 1. The maximum absolute atomic E-state index is 10.9. The van der Waals surface area contributed by atoms with Gasteiger partial charge in [-0.05, 0) is 25.5 Å². The van der Waals surface area contributed by atoms with Gasteiger partial charge in [-0.1, -0.05) is 30.3 Å². The lowest BCUT2D eigenvalue weighted by Crippen LogP contribution is -2.08. The number of hydrogen-bond acceptors (Lipinski definition) is 4. The molecule has 0 saturated carbocycles. The van der Waals surface area contributed by atoms with Gasteiger partial charge >= 0.3 is 0 Å². The second-order valence-corrected chi connectivity index (χ2v) is 4.93. The van der Waals surface area contributed by atoms with E-state index < -0.39 is 0 Å². The first-order valence-corrected chi connectivity index (χ1v) is 6.71. The van der Waals surface area contributed by atoms with Crippen molar-refractivity contribution in [3.8, 4) is 5.75 Å². The highest BCUT2D eigenvalue weighted by Crippen LogP contribution is 2.26. The highest BCUT2D eigenvalue weighted by atomic mass is 16.6. The van der Waals surface area contributed by atoms with Gasteiger partial charge in [0.1, 0.15) is 12.4 Å². The zero-order chi connectivity index (χ0) is 15.4. The number of nitro groups is 1. The molecular formula is C16H18N2O3. The second kappa shape index (κ2) is 6.37. The predicted molar refractivity (Wildman–Crippen MR) is 81.2 cm³/mol. The molecule has 1 atom stereocenters. The van der Waals surface area contributed by atoms with Gasteiger partial charge in [0.15, 0.2) is 0 Å². The molecule has 0 heterocycles. The van der Waals surface area contributed by atoms with E-state index in [0.29, 0.717) is 11.3 Å². The van der Waals surface area contributed by atoms with Crippen molar-refractivity contribution >= 4 is 5.69 Å². The zero-order valence-corrected chi connectivity index (χ0v) is 12.1. The van der Waals surface area contributed by atoms with Gasteiger partial charge in [0.2, 0.25) is 0 Å². The molecule has 5 nitrogen and oxygen atoms in total. The van der Waals surface area contributed by atoms with Crippen LogP contribution in [-0.2, 0) is 6.61 Å². The van der Waals surface area contributed by atoms with Crippen molar-refractivity contribution < 1.29 is 9.66 Å². The van der Waals surface area contributed by atoms with E-state index >= 15 is 0 Å². The Labute approximate surface area is 123 Å². The van der Waals surface area contributed by atoms with Crippen LogP contribution in [-0.4, -0.2) is 4.92 Å². The Morgan fingerprint density at radius 3 is 2.62 bits per heavy atom. The molecule has 0 aliphatic heterocycles. The Kier molecular flexibility index (Phi) is 4.55. The van der Waals surface area contributed by atoms with E-state index in [9.17, 15) is 10.1 Å². The van der Waals surface area contributed by atoms with Crippen LogP contribution in [0.3, 0.4) is 0 Å². The largest absolute Gasteiger partial charge is 0.489 e. The molecule has 0 bridgehead atoms. The van der Waals surface area contributed by atoms with Crippen LogP contribution in [0.4, 0.5) is 5.69 Å². The summed E-state index contributed by atoms with van der Waals surface area (Å²) in [6.45, 7) is 3.90. The number of para-hydroxylation sites is 1. The summed E-state index contributed by atoms with van der Waals surface area (Å²) in [6.07, 6.45) is 0. The smallest absolute Gasteiger partial charge is 0.272 e. The Morgan fingerprint density at radius 2 is 1.95 bits per heavy atom. The van der Waals surface area contributed by atoms with Gasteiger partial charge < -0.3 is 10.5 Å². The molecule has 0 aliphatic carbocycles. The van der Waals surface area contributed by atoms with E-state index in [2.05, 4.69) is 0 Å². The molecule has 0 amide bonds. The molecule has 2 rings (SSSR count). The molecule has 0 spiro atoms. The van der Waals surface area contributed by atoms with Crippen LogP contribution < -0.4 is 10.5 Å². The monoisotopic (exact) mass is 286 g/mol. The highest BCUT2D eigenvalue weighted by molar-refractivity contribution is 5.44. The molecule has 0 aliphatic rings. The third-order valence-corrected chi connectivity index (χ3v) is 3.41. The molecule has 0 fully saturated rings. The summed E-state index contributed by atoms with van der Waals surface area (Å²) >= 11 is 0. The number of rotatable bonds is 5. The lowest BCUT2D eigenvalue weighted by atomic mass is 10.1. The molecule has 2 aromatic carbocycles. The predicted octanol–water partition coefficient (Wildman–Crippen LogP) is 3.50. The molecule has 5 heteroatoms. The minimum Gasteiger partial charge on any atom is -0.489 e. The molecular weight excluding hydrogens is 268 g/mol. The maximum Gasteiger partial charge on any atom is 0.272 e. The minimum atomic E-state index is -0.380. The van der Waals surface area contributed by atoms with Crippen LogP contribution in [0, 0.1) is 17.0 Å². The average molecular weight is 286 g/mol. The summed E-state index contributed by atoms with van der Waals surface area (Å²) in [4.78, 5) is 10.6. The van der Waals surface area contributed by atoms with E-state index in [4.69, 9.17) is 10.5 Å². The fourth-order valence-corrected chi connectivity index (χ4v) is 2.17. The molecule has 0 radical (unpaired) electrons. The van der Waals surface area contributed by atoms with Gasteiger partial charge in [0.05, 0.1) is 4.92 Å². The van der Waals surface area contributed by atoms with Gasteiger partial charge in [-0.25, -0.2) is 0 Å². The number of benzene rings is 2. The Morgan fingerprint density at radius 1 is 1.24 bits per heavy atom. The van der Waals surface area contributed by atoms with Gasteiger partial charge in [-0.15, -0.1) is 0 Å². The molecule has 2 aromatic rings. The summed E-state index contributed by atoms with van der Waals surface area (Å²) < 4.78 is 5.80. The Bertz CT molecular complexity index is 654. The van der Waals surface area contributed by atoms with Crippen molar-refractivity contribution in [2.24, 2.45) is 5.73 Å². The first-order valence-electron chi connectivity index (χ1n) is 6.71. The quantitative estimate of drug-likeness (QED) is 0.674. The Hall–Kier alpha value is -2.40. The third-order valence-electron chi connectivity index (χ3n) is 3.41. The van der Waals surface area contributed by atoms with Gasteiger partial charge in [-0.2, -0.15) is 0 Å². The SMILES string of the molecule is Cc1c(COc2ccccc2[C@@H](C)N)cccc1[N+](=O)[O-]. The van der Waals surface area contributed by atoms with Crippen LogP contribution in [0.5, 0.6) is 5.75 Å². The number of hydrogen-bond donors (Lipinski definition) is 1. The van der Waals surface area contributed by atoms with Crippen molar-refractivity contribution in [1.29, 1.82) is 0 Å². The van der Waals surface area contributed by atoms with Crippen LogP contribution >= 0.6 is 0 Å². The first-order chi connectivity index (χ1) is 10.0. The zero-order valence-electron chi connectivity index (χ0n) is 12.1. The molecule has 0 unspecified atom stereocenters. The summed E-state index contributed by atoms with van der Waals surface area (Å²) in [7, 11) is 0. The fraction of sp³-hybridized carbons (Fsp3) is 0.250. The van der Waals surface area contributed by atoms with Crippen molar-refractivity contribution in [2.45, 2.75) is 26.5 Å². The molecule has 0 aromatic heterocycles. The average Bonchev–Trinajstić information content (AvgIpc) is 2.46. The summed E-state index contributed by atoms with van der Waals surface area (Å²) in [5.74, 6) is 0.707. The van der Waals surface area contributed by atoms with Crippen molar-refractivity contribution in [1.82, 2.24) is 0 Å². The summed E-state index contributed by atoms with van der Waals surface area (Å²) in [6, 6.07) is 12.4. The van der Waals surface area contributed by atoms with E-state index in [-0.39, 0.29) is 23.3 Å². The van der Waals surface area contributed by atoms with Crippen molar-refractivity contribution in [3.05, 3.63) is 69.3 Å².